The lowest BCUT2D eigenvalue weighted by atomic mass is 9.98. The molecule has 0 heterocycles. The summed E-state index contributed by atoms with van der Waals surface area (Å²) in [6.45, 7) is -0.117. The lowest BCUT2D eigenvalue weighted by Gasteiger charge is -2.12. The number of hydrogen-bond acceptors (Lipinski definition) is 2. The second kappa shape index (κ2) is 5.80. The zero-order valence-corrected chi connectivity index (χ0v) is 10.4. The molecule has 0 fully saturated rings. The fourth-order valence-corrected chi connectivity index (χ4v) is 1.95. The standard InChI is InChI=1S/C15H14F2O2/c1-19-12-5-6-13(14(8-12)15(16)17)11-4-2-3-10(7-11)9-18/h2-8,15,18H,9H2,1H3. The fraction of sp³-hybridized carbons (Fsp3) is 0.200. The molecule has 0 amide bonds. The largest absolute Gasteiger partial charge is 0.497 e. The van der Waals surface area contributed by atoms with Crippen LogP contribution in [0.15, 0.2) is 42.5 Å². The van der Waals surface area contributed by atoms with Crippen molar-refractivity contribution in [3.05, 3.63) is 53.6 Å². The van der Waals surface area contributed by atoms with Crippen molar-refractivity contribution in [1.29, 1.82) is 0 Å². The van der Waals surface area contributed by atoms with Gasteiger partial charge in [-0.05, 0) is 34.9 Å². The van der Waals surface area contributed by atoms with Gasteiger partial charge in [0, 0.05) is 5.56 Å². The van der Waals surface area contributed by atoms with Gasteiger partial charge in [-0.2, -0.15) is 0 Å². The maximum absolute atomic E-state index is 13.1. The summed E-state index contributed by atoms with van der Waals surface area (Å²) in [7, 11) is 1.44. The van der Waals surface area contributed by atoms with E-state index < -0.39 is 6.43 Å². The smallest absolute Gasteiger partial charge is 0.264 e. The van der Waals surface area contributed by atoms with E-state index in [4.69, 9.17) is 9.84 Å². The average Bonchev–Trinajstić information content (AvgIpc) is 2.46. The van der Waals surface area contributed by atoms with Crippen LogP contribution < -0.4 is 4.74 Å². The van der Waals surface area contributed by atoms with Gasteiger partial charge >= 0.3 is 0 Å². The summed E-state index contributed by atoms with van der Waals surface area (Å²) < 4.78 is 31.2. The Kier molecular flexibility index (Phi) is 4.12. The van der Waals surface area contributed by atoms with Crippen LogP contribution in [0.1, 0.15) is 17.6 Å². The number of aliphatic hydroxyl groups is 1. The first-order chi connectivity index (χ1) is 9.15. The molecule has 0 aliphatic heterocycles. The number of hydrogen-bond donors (Lipinski definition) is 1. The van der Waals surface area contributed by atoms with Gasteiger partial charge in [0.05, 0.1) is 13.7 Å². The minimum atomic E-state index is -2.58. The van der Waals surface area contributed by atoms with Crippen molar-refractivity contribution in [2.24, 2.45) is 0 Å². The first-order valence-corrected chi connectivity index (χ1v) is 5.82. The molecule has 0 saturated heterocycles. The molecule has 2 aromatic rings. The highest BCUT2D eigenvalue weighted by Gasteiger charge is 2.15. The van der Waals surface area contributed by atoms with Crippen molar-refractivity contribution < 1.29 is 18.6 Å². The van der Waals surface area contributed by atoms with Crippen molar-refractivity contribution in [3.63, 3.8) is 0 Å². The van der Waals surface area contributed by atoms with E-state index in [-0.39, 0.29) is 12.2 Å². The second-order valence-electron chi connectivity index (χ2n) is 4.11. The van der Waals surface area contributed by atoms with Crippen LogP contribution in [0.4, 0.5) is 8.78 Å². The number of benzene rings is 2. The summed E-state index contributed by atoms with van der Waals surface area (Å²) in [6.07, 6.45) is -2.58. The summed E-state index contributed by atoms with van der Waals surface area (Å²) in [5.74, 6) is 0.400. The summed E-state index contributed by atoms with van der Waals surface area (Å²) >= 11 is 0. The zero-order chi connectivity index (χ0) is 13.8. The topological polar surface area (TPSA) is 29.5 Å². The summed E-state index contributed by atoms with van der Waals surface area (Å²) in [4.78, 5) is 0. The highest BCUT2D eigenvalue weighted by Crippen LogP contribution is 2.34. The molecule has 0 unspecified atom stereocenters. The van der Waals surface area contributed by atoms with E-state index >= 15 is 0 Å². The van der Waals surface area contributed by atoms with Gasteiger partial charge < -0.3 is 9.84 Å². The Morgan fingerprint density at radius 3 is 2.58 bits per heavy atom. The molecule has 0 bridgehead atoms. The molecular weight excluding hydrogens is 250 g/mol. The molecule has 0 spiro atoms. The lowest BCUT2D eigenvalue weighted by Crippen LogP contribution is -1.93. The Morgan fingerprint density at radius 2 is 1.95 bits per heavy atom. The van der Waals surface area contributed by atoms with E-state index in [0.29, 0.717) is 22.4 Å². The molecule has 2 rings (SSSR count). The molecule has 2 aromatic carbocycles. The summed E-state index contributed by atoms with van der Waals surface area (Å²) in [5, 5.41) is 9.10. The predicted molar refractivity (Wildman–Crippen MR) is 69.3 cm³/mol. The maximum Gasteiger partial charge on any atom is 0.264 e. The molecular formula is C15H14F2O2. The van der Waals surface area contributed by atoms with Crippen LogP contribution in [0.3, 0.4) is 0 Å². The Labute approximate surface area is 110 Å². The molecule has 19 heavy (non-hydrogen) atoms. The highest BCUT2D eigenvalue weighted by atomic mass is 19.3. The van der Waals surface area contributed by atoms with Crippen LogP contribution >= 0.6 is 0 Å². The van der Waals surface area contributed by atoms with Gasteiger partial charge in [0.1, 0.15) is 5.75 Å². The van der Waals surface area contributed by atoms with Crippen LogP contribution in [0.2, 0.25) is 0 Å². The van der Waals surface area contributed by atoms with Crippen LogP contribution in [-0.4, -0.2) is 12.2 Å². The van der Waals surface area contributed by atoms with E-state index in [9.17, 15) is 8.78 Å². The first-order valence-electron chi connectivity index (χ1n) is 5.82. The van der Waals surface area contributed by atoms with E-state index in [1.54, 1.807) is 36.4 Å². The lowest BCUT2D eigenvalue weighted by molar-refractivity contribution is 0.151. The Hall–Kier alpha value is -1.94. The van der Waals surface area contributed by atoms with Crippen molar-refractivity contribution in [2.75, 3.05) is 7.11 Å². The van der Waals surface area contributed by atoms with Gasteiger partial charge in [-0.3, -0.25) is 0 Å². The predicted octanol–water partition coefficient (Wildman–Crippen LogP) is 3.79. The van der Waals surface area contributed by atoms with Crippen molar-refractivity contribution >= 4 is 0 Å². The Morgan fingerprint density at radius 1 is 1.16 bits per heavy atom. The third kappa shape index (κ3) is 2.90. The summed E-state index contributed by atoms with van der Waals surface area (Å²) in [6, 6.07) is 11.5. The fourth-order valence-electron chi connectivity index (χ4n) is 1.95. The molecule has 0 aromatic heterocycles. The minimum absolute atomic E-state index is 0.0746. The molecule has 100 valence electrons. The van der Waals surface area contributed by atoms with Crippen molar-refractivity contribution in [2.45, 2.75) is 13.0 Å². The third-order valence-corrected chi connectivity index (χ3v) is 2.91. The SMILES string of the molecule is COc1ccc(-c2cccc(CO)c2)c(C(F)F)c1. The van der Waals surface area contributed by atoms with E-state index in [2.05, 4.69) is 0 Å². The van der Waals surface area contributed by atoms with Gasteiger partial charge in [0.2, 0.25) is 0 Å². The molecule has 1 N–H and O–H groups in total. The first kappa shape index (κ1) is 13.5. The summed E-state index contributed by atoms with van der Waals surface area (Å²) in [5.41, 5.74) is 1.72. The van der Waals surface area contributed by atoms with E-state index in [0.717, 1.165) is 0 Å². The average molecular weight is 264 g/mol. The zero-order valence-electron chi connectivity index (χ0n) is 10.4. The quantitative estimate of drug-likeness (QED) is 0.910. The van der Waals surface area contributed by atoms with Crippen molar-refractivity contribution in [1.82, 2.24) is 0 Å². The van der Waals surface area contributed by atoms with Crippen LogP contribution in [0.25, 0.3) is 11.1 Å². The number of methoxy groups -OCH3 is 1. The van der Waals surface area contributed by atoms with Crippen LogP contribution in [0.5, 0.6) is 5.75 Å². The molecule has 0 atom stereocenters. The molecule has 0 aliphatic carbocycles. The van der Waals surface area contributed by atoms with Gasteiger partial charge in [-0.25, -0.2) is 8.78 Å². The number of rotatable bonds is 4. The number of ether oxygens (including phenoxy) is 1. The molecule has 2 nitrogen and oxygen atoms in total. The molecule has 0 radical (unpaired) electrons. The van der Waals surface area contributed by atoms with E-state index in [1.165, 1.54) is 13.2 Å². The van der Waals surface area contributed by atoms with Crippen molar-refractivity contribution in [3.8, 4) is 16.9 Å². The van der Waals surface area contributed by atoms with Gasteiger partial charge in [-0.1, -0.05) is 24.3 Å². The van der Waals surface area contributed by atoms with Crippen LogP contribution in [-0.2, 0) is 6.61 Å². The monoisotopic (exact) mass is 264 g/mol. The third-order valence-electron chi connectivity index (χ3n) is 2.91. The Bertz CT molecular complexity index is 568. The molecule has 0 saturated carbocycles. The van der Waals surface area contributed by atoms with Crippen LogP contribution in [0, 0.1) is 0 Å². The number of alkyl halides is 2. The van der Waals surface area contributed by atoms with Gasteiger partial charge in [-0.15, -0.1) is 0 Å². The van der Waals surface area contributed by atoms with Gasteiger partial charge in [0.15, 0.2) is 0 Å². The number of halogens is 2. The second-order valence-corrected chi connectivity index (χ2v) is 4.11. The normalized spacial score (nSPS) is 10.8. The molecule has 4 heteroatoms. The minimum Gasteiger partial charge on any atom is -0.497 e. The Balaban J connectivity index is 2.54. The maximum atomic E-state index is 13.1. The number of aliphatic hydroxyl groups excluding tert-OH is 1. The van der Waals surface area contributed by atoms with Gasteiger partial charge in [0.25, 0.3) is 6.43 Å². The molecule has 0 aliphatic rings. The highest BCUT2D eigenvalue weighted by molar-refractivity contribution is 5.69. The van der Waals surface area contributed by atoms with E-state index in [1.807, 2.05) is 0 Å².